The fourth-order valence-corrected chi connectivity index (χ4v) is 0.463. The number of carbonyl (C=O) groups is 1. The van der Waals surface area contributed by atoms with E-state index in [0.717, 1.165) is 11.0 Å². The number of nitrogens with zero attached hydrogens (tertiary/aromatic N) is 1. The van der Waals surface area contributed by atoms with Crippen LogP contribution in [0.3, 0.4) is 0 Å². The molecule has 0 fully saturated rings. The second-order valence-electron chi connectivity index (χ2n) is 3.35. The molecular weight excluding hydrogens is 282 g/mol. The number of ether oxygens (including phenoxy) is 1. The predicted octanol–water partition coefficient (Wildman–Crippen LogP) is 0.256. The van der Waals surface area contributed by atoms with Crippen LogP contribution in [0.15, 0.2) is 0 Å². The fourth-order valence-electron chi connectivity index (χ4n) is 0.463. The fraction of sp³-hybridized carbons (Fsp3) is 0.857. The van der Waals surface area contributed by atoms with Crippen molar-refractivity contribution in [3.8, 4) is 0 Å². The van der Waals surface area contributed by atoms with Crippen molar-refractivity contribution >= 4 is 5.97 Å². The molecule has 4 heteroatoms. The molecule has 0 aliphatic heterocycles. The average molecular weight is 298 g/mol. The summed E-state index contributed by atoms with van der Waals surface area (Å²) in [5.74, 6) is -0.201. The van der Waals surface area contributed by atoms with Gasteiger partial charge in [-0.15, -0.1) is 0 Å². The Kier molecular flexibility index (Phi) is 8.62. The summed E-state index contributed by atoms with van der Waals surface area (Å²) in [7, 11) is 6.18. The van der Waals surface area contributed by atoms with Gasteiger partial charge < -0.3 is 9.22 Å². The molecule has 0 atom stereocenters. The van der Waals surface area contributed by atoms with Crippen LogP contribution >= 0.6 is 0 Å². The van der Waals surface area contributed by atoms with Gasteiger partial charge in [-0.2, -0.15) is 0 Å². The Morgan fingerprint density at radius 1 is 1.36 bits per heavy atom. The molecule has 0 heterocycles. The summed E-state index contributed by atoms with van der Waals surface area (Å²) >= 11 is 0. The third-order valence-electron chi connectivity index (χ3n) is 1.07. The standard InChI is InChI=1S/C7H16NO2.Eu/c1-7(9)10-6-5-8(2,3)4;/h5-6H2,1-4H3;/q+1;+3. The van der Waals surface area contributed by atoms with Gasteiger partial charge in [-0.25, -0.2) is 0 Å². The Balaban J connectivity index is 0. The van der Waals surface area contributed by atoms with E-state index in [-0.39, 0.29) is 55.3 Å². The van der Waals surface area contributed by atoms with Crippen LogP contribution in [-0.2, 0) is 9.53 Å². The van der Waals surface area contributed by atoms with Crippen molar-refractivity contribution in [2.24, 2.45) is 0 Å². The summed E-state index contributed by atoms with van der Waals surface area (Å²) in [6.45, 7) is 2.80. The van der Waals surface area contributed by atoms with Gasteiger partial charge in [0.2, 0.25) is 0 Å². The first kappa shape index (κ1) is 14.5. The number of rotatable bonds is 3. The maximum Gasteiger partial charge on any atom is 3.00 e. The minimum atomic E-state index is -0.201. The molecule has 0 aliphatic rings. The van der Waals surface area contributed by atoms with Gasteiger partial charge in [0.25, 0.3) is 0 Å². The Bertz CT molecular complexity index is 120. The molecule has 0 aliphatic carbocycles. The molecule has 0 unspecified atom stereocenters. The maximum absolute atomic E-state index is 10.3. The number of carbonyl (C=O) groups excluding carboxylic acids is 1. The number of hydrogen-bond acceptors (Lipinski definition) is 2. The molecule has 0 bridgehead atoms. The van der Waals surface area contributed by atoms with Crippen LogP contribution in [-0.4, -0.2) is 44.7 Å². The SMILES string of the molecule is CC(=O)OCC[N+](C)(C)C.[Eu+3]. The smallest absolute Gasteiger partial charge is 0.460 e. The second kappa shape index (κ2) is 6.52. The van der Waals surface area contributed by atoms with Crippen molar-refractivity contribution < 1.29 is 63.4 Å². The summed E-state index contributed by atoms with van der Waals surface area (Å²) in [6, 6.07) is 0. The molecule has 0 aromatic rings. The summed E-state index contributed by atoms with van der Waals surface area (Å²) in [5.41, 5.74) is 0. The zero-order chi connectivity index (χ0) is 8.20. The summed E-state index contributed by atoms with van der Waals surface area (Å²) in [5, 5.41) is 0. The van der Waals surface area contributed by atoms with E-state index in [1.165, 1.54) is 6.92 Å². The molecule has 3 nitrogen and oxygen atoms in total. The molecule has 0 spiro atoms. The quantitative estimate of drug-likeness (QED) is 0.552. The van der Waals surface area contributed by atoms with Crippen LogP contribution in [0.25, 0.3) is 0 Å². The van der Waals surface area contributed by atoms with Crippen molar-refractivity contribution in [1.82, 2.24) is 0 Å². The normalized spacial score (nSPS) is 10.2. The molecule has 0 N–H and O–H groups in total. The van der Waals surface area contributed by atoms with Crippen LogP contribution in [0.5, 0.6) is 0 Å². The molecule has 0 saturated heterocycles. The summed E-state index contributed by atoms with van der Waals surface area (Å²) in [6.07, 6.45) is 0. The van der Waals surface area contributed by atoms with Gasteiger partial charge >= 0.3 is 55.3 Å². The zero-order valence-corrected chi connectivity index (χ0v) is 9.98. The van der Waals surface area contributed by atoms with E-state index < -0.39 is 0 Å². The Morgan fingerprint density at radius 2 is 1.82 bits per heavy atom. The van der Waals surface area contributed by atoms with Gasteiger partial charge in [0.15, 0.2) is 0 Å². The number of esters is 1. The molecule has 11 heavy (non-hydrogen) atoms. The van der Waals surface area contributed by atoms with E-state index in [4.69, 9.17) is 4.74 Å². The third kappa shape index (κ3) is 13.9. The minimum Gasteiger partial charge on any atom is -0.460 e. The van der Waals surface area contributed by atoms with Crippen LogP contribution < -0.4 is 0 Å². The van der Waals surface area contributed by atoms with Crippen LogP contribution in [0.1, 0.15) is 6.92 Å². The molecule has 0 aromatic carbocycles. The predicted molar refractivity (Wildman–Crippen MR) is 39.5 cm³/mol. The summed E-state index contributed by atoms with van der Waals surface area (Å²) in [4.78, 5) is 10.3. The van der Waals surface area contributed by atoms with Crippen molar-refractivity contribution in [1.29, 1.82) is 0 Å². The maximum atomic E-state index is 10.3. The van der Waals surface area contributed by atoms with Gasteiger partial charge in [0.1, 0.15) is 13.2 Å². The van der Waals surface area contributed by atoms with Crippen LogP contribution in [0.4, 0.5) is 0 Å². The van der Waals surface area contributed by atoms with Gasteiger partial charge in [-0.1, -0.05) is 0 Å². The van der Waals surface area contributed by atoms with E-state index in [1.807, 2.05) is 0 Å². The first-order chi connectivity index (χ1) is 4.42. The molecule has 0 rings (SSSR count). The van der Waals surface area contributed by atoms with Crippen LogP contribution in [0, 0.1) is 49.4 Å². The molecule has 0 aromatic heterocycles. The van der Waals surface area contributed by atoms with Gasteiger partial charge in [0.05, 0.1) is 21.1 Å². The van der Waals surface area contributed by atoms with Gasteiger partial charge in [-0.3, -0.25) is 4.79 Å². The topological polar surface area (TPSA) is 26.3 Å². The zero-order valence-electron chi connectivity index (χ0n) is 7.56. The van der Waals surface area contributed by atoms with Crippen molar-refractivity contribution in [2.45, 2.75) is 6.92 Å². The Hall–Kier alpha value is 1.01. The van der Waals surface area contributed by atoms with E-state index >= 15 is 0 Å². The third-order valence-corrected chi connectivity index (χ3v) is 1.07. The molecule has 0 saturated carbocycles. The molecule has 64 valence electrons. The van der Waals surface area contributed by atoms with Gasteiger partial charge in [-0.05, 0) is 0 Å². The second-order valence-corrected chi connectivity index (χ2v) is 3.35. The van der Waals surface area contributed by atoms with Crippen molar-refractivity contribution in [3.05, 3.63) is 0 Å². The largest absolute Gasteiger partial charge is 3.00 e. The monoisotopic (exact) mass is 299 g/mol. The first-order valence-electron chi connectivity index (χ1n) is 3.35. The van der Waals surface area contributed by atoms with E-state index in [2.05, 4.69) is 21.1 Å². The molecular formula is C7H16EuNO2+4. The van der Waals surface area contributed by atoms with Crippen molar-refractivity contribution in [3.63, 3.8) is 0 Å². The molecule has 0 amide bonds. The number of likely N-dealkylation sites (N-methyl/N-ethyl adjacent to an activating group) is 1. The Morgan fingerprint density at radius 3 is 2.09 bits per heavy atom. The van der Waals surface area contributed by atoms with E-state index in [0.29, 0.717) is 6.61 Å². The van der Waals surface area contributed by atoms with Crippen LogP contribution in [0.2, 0.25) is 0 Å². The number of quaternary nitrogens is 1. The average Bonchev–Trinajstić information content (AvgIpc) is 1.59. The van der Waals surface area contributed by atoms with Gasteiger partial charge in [0, 0.05) is 6.92 Å². The minimum absolute atomic E-state index is 0. The summed E-state index contributed by atoms with van der Waals surface area (Å²) < 4.78 is 5.59. The van der Waals surface area contributed by atoms with E-state index in [9.17, 15) is 4.79 Å². The first-order valence-corrected chi connectivity index (χ1v) is 3.35. The van der Waals surface area contributed by atoms with E-state index in [1.54, 1.807) is 0 Å². The van der Waals surface area contributed by atoms with Crippen molar-refractivity contribution in [2.75, 3.05) is 34.3 Å². The Labute approximate surface area is 109 Å². The number of hydrogen-bond donors (Lipinski definition) is 0. The molecule has 0 radical (unpaired) electrons.